The highest BCUT2D eigenvalue weighted by Gasteiger charge is 2.11. The van der Waals surface area contributed by atoms with Gasteiger partial charge in [0, 0.05) is 11.4 Å². The van der Waals surface area contributed by atoms with E-state index in [-0.39, 0.29) is 0 Å². The van der Waals surface area contributed by atoms with Gasteiger partial charge in [0.25, 0.3) is 0 Å². The average Bonchev–Trinajstić information content (AvgIpc) is 2.98. The van der Waals surface area contributed by atoms with E-state index < -0.39 is 0 Å². The van der Waals surface area contributed by atoms with Crippen molar-refractivity contribution < 1.29 is 0 Å². The standard InChI is InChI=1S/C20H21N/c1-2-3-12-19-15-16-20(17-10-6-4-7-11-17)21(19)18-13-8-5-9-14-18/h4-11,13-16H,2-3,12H2,1H3. The molecule has 3 rings (SSSR count). The lowest BCUT2D eigenvalue weighted by Gasteiger charge is -2.14. The fraction of sp³-hybridized carbons (Fsp3) is 0.200. The lowest BCUT2D eigenvalue weighted by molar-refractivity contribution is 0.761. The highest BCUT2D eigenvalue weighted by molar-refractivity contribution is 5.64. The lowest BCUT2D eigenvalue weighted by atomic mass is 10.1. The van der Waals surface area contributed by atoms with Gasteiger partial charge in [-0.3, -0.25) is 0 Å². The molecule has 0 fully saturated rings. The van der Waals surface area contributed by atoms with Crippen LogP contribution >= 0.6 is 0 Å². The molecule has 1 heterocycles. The summed E-state index contributed by atoms with van der Waals surface area (Å²) in [7, 11) is 0. The van der Waals surface area contributed by atoms with Crippen molar-refractivity contribution in [2.45, 2.75) is 26.2 Å². The molecule has 0 radical (unpaired) electrons. The van der Waals surface area contributed by atoms with Crippen molar-refractivity contribution in [3.05, 3.63) is 78.5 Å². The van der Waals surface area contributed by atoms with Crippen LogP contribution in [0.3, 0.4) is 0 Å². The lowest BCUT2D eigenvalue weighted by Crippen LogP contribution is -2.02. The molecule has 0 aliphatic rings. The van der Waals surface area contributed by atoms with Crippen LogP contribution in [0.2, 0.25) is 0 Å². The largest absolute Gasteiger partial charge is 0.314 e. The minimum atomic E-state index is 1.12. The Morgan fingerprint density at radius 3 is 2.10 bits per heavy atom. The summed E-state index contributed by atoms with van der Waals surface area (Å²) in [6.07, 6.45) is 3.57. The van der Waals surface area contributed by atoms with Crippen LogP contribution in [0, 0.1) is 0 Å². The van der Waals surface area contributed by atoms with Crippen molar-refractivity contribution in [2.75, 3.05) is 0 Å². The van der Waals surface area contributed by atoms with Gasteiger partial charge in [0.15, 0.2) is 0 Å². The number of nitrogens with zero attached hydrogens (tertiary/aromatic N) is 1. The molecule has 2 aromatic carbocycles. The fourth-order valence-corrected chi connectivity index (χ4v) is 2.75. The van der Waals surface area contributed by atoms with Crippen molar-refractivity contribution >= 4 is 0 Å². The van der Waals surface area contributed by atoms with E-state index in [1.807, 2.05) is 0 Å². The van der Waals surface area contributed by atoms with Crippen molar-refractivity contribution in [3.8, 4) is 16.9 Å². The number of benzene rings is 2. The second-order valence-electron chi connectivity index (χ2n) is 5.35. The fourth-order valence-electron chi connectivity index (χ4n) is 2.75. The van der Waals surface area contributed by atoms with E-state index in [4.69, 9.17) is 0 Å². The Morgan fingerprint density at radius 2 is 1.43 bits per heavy atom. The summed E-state index contributed by atoms with van der Waals surface area (Å²) < 4.78 is 2.39. The first-order valence-electron chi connectivity index (χ1n) is 7.71. The van der Waals surface area contributed by atoms with Gasteiger partial charge in [0.2, 0.25) is 0 Å². The van der Waals surface area contributed by atoms with E-state index >= 15 is 0 Å². The number of unbranched alkanes of at least 4 members (excludes halogenated alkanes) is 1. The Balaban J connectivity index is 2.11. The molecular weight excluding hydrogens is 254 g/mol. The number of hydrogen-bond acceptors (Lipinski definition) is 0. The molecule has 0 aliphatic heterocycles. The second-order valence-corrected chi connectivity index (χ2v) is 5.35. The number of hydrogen-bond donors (Lipinski definition) is 0. The molecule has 1 aromatic heterocycles. The van der Waals surface area contributed by atoms with Crippen molar-refractivity contribution in [1.82, 2.24) is 4.57 Å². The van der Waals surface area contributed by atoms with Gasteiger partial charge in [-0.05, 0) is 42.7 Å². The van der Waals surface area contributed by atoms with Crippen LogP contribution in [-0.2, 0) is 6.42 Å². The van der Waals surface area contributed by atoms with Crippen LogP contribution in [0.25, 0.3) is 16.9 Å². The van der Waals surface area contributed by atoms with Crippen LogP contribution < -0.4 is 0 Å². The summed E-state index contributed by atoms with van der Waals surface area (Å²) in [5, 5.41) is 0. The molecule has 1 nitrogen and oxygen atoms in total. The van der Waals surface area contributed by atoms with E-state index in [0.717, 1.165) is 6.42 Å². The maximum atomic E-state index is 2.39. The van der Waals surface area contributed by atoms with Crippen molar-refractivity contribution in [1.29, 1.82) is 0 Å². The molecule has 0 unspecified atom stereocenters. The molecule has 0 spiro atoms. The summed E-state index contributed by atoms with van der Waals surface area (Å²) in [5.74, 6) is 0. The van der Waals surface area contributed by atoms with Crippen LogP contribution in [0.4, 0.5) is 0 Å². The van der Waals surface area contributed by atoms with Gasteiger partial charge >= 0.3 is 0 Å². The van der Waals surface area contributed by atoms with Gasteiger partial charge in [0.05, 0.1) is 5.69 Å². The second kappa shape index (κ2) is 6.45. The molecule has 0 amide bonds. The molecule has 1 heteroatoms. The Hall–Kier alpha value is -2.28. The summed E-state index contributed by atoms with van der Waals surface area (Å²) in [4.78, 5) is 0. The van der Waals surface area contributed by atoms with Gasteiger partial charge in [-0.2, -0.15) is 0 Å². The van der Waals surface area contributed by atoms with E-state index in [9.17, 15) is 0 Å². The monoisotopic (exact) mass is 275 g/mol. The predicted octanol–water partition coefficient (Wildman–Crippen LogP) is 5.49. The van der Waals surface area contributed by atoms with Crippen molar-refractivity contribution in [2.24, 2.45) is 0 Å². The van der Waals surface area contributed by atoms with E-state index in [1.165, 1.54) is 35.5 Å². The number of rotatable bonds is 5. The summed E-state index contributed by atoms with van der Waals surface area (Å²) in [5.41, 5.74) is 5.17. The number of para-hydroxylation sites is 1. The highest BCUT2D eigenvalue weighted by Crippen LogP contribution is 2.27. The zero-order chi connectivity index (χ0) is 14.5. The maximum Gasteiger partial charge on any atom is 0.0531 e. The molecule has 21 heavy (non-hydrogen) atoms. The van der Waals surface area contributed by atoms with Gasteiger partial charge in [-0.15, -0.1) is 0 Å². The minimum Gasteiger partial charge on any atom is -0.314 e. The molecule has 0 aliphatic carbocycles. The Labute approximate surface area is 126 Å². The minimum absolute atomic E-state index is 1.12. The van der Waals surface area contributed by atoms with Gasteiger partial charge < -0.3 is 4.57 Å². The van der Waals surface area contributed by atoms with Gasteiger partial charge in [-0.1, -0.05) is 61.9 Å². The van der Waals surface area contributed by atoms with E-state index in [0.29, 0.717) is 0 Å². The molecular formula is C20H21N. The summed E-state index contributed by atoms with van der Waals surface area (Å²) in [6, 6.07) is 25.8. The maximum absolute atomic E-state index is 2.39. The molecule has 0 bridgehead atoms. The third kappa shape index (κ3) is 2.92. The molecule has 0 saturated carbocycles. The molecule has 0 atom stereocenters. The molecule has 0 saturated heterocycles. The summed E-state index contributed by atoms with van der Waals surface area (Å²) >= 11 is 0. The van der Waals surface area contributed by atoms with Crippen LogP contribution in [0.5, 0.6) is 0 Å². The predicted molar refractivity (Wildman–Crippen MR) is 89.8 cm³/mol. The molecule has 3 aromatic rings. The van der Waals surface area contributed by atoms with Crippen LogP contribution in [-0.4, -0.2) is 4.57 Å². The third-order valence-electron chi connectivity index (χ3n) is 3.83. The average molecular weight is 275 g/mol. The first-order valence-corrected chi connectivity index (χ1v) is 7.71. The van der Waals surface area contributed by atoms with Gasteiger partial charge in [0.1, 0.15) is 0 Å². The zero-order valence-electron chi connectivity index (χ0n) is 12.5. The van der Waals surface area contributed by atoms with Gasteiger partial charge in [-0.25, -0.2) is 0 Å². The first kappa shape index (κ1) is 13.7. The normalized spacial score (nSPS) is 10.7. The quantitative estimate of drug-likeness (QED) is 0.580. The highest BCUT2D eigenvalue weighted by atomic mass is 15.0. The zero-order valence-corrected chi connectivity index (χ0v) is 12.5. The third-order valence-corrected chi connectivity index (χ3v) is 3.83. The number of aryl methyl sites for hydroxylation is 1. The Morgan fingerprint density at radius 1 is 0.762 bits per heavy atom. The first-order chi connectivity index (χ1) is 10.4. The van der Waals surface area contributed by atoms with Crippen molar-refractivity contribution in [3.63, 3.8) is 0 Å². The molecule has 0 N–H and O–H groups in total. The van der Waals surface area contributed by atoms with E-state index in [2.05, 4.69) is 84.3 Å². The molecule has 106 valence electrons. The van der Waals surface area contributed by atoms with E-state index in [1.54, 1.807) is 0 Å². The number of aromatic nitrogens is 1. The van der Waals surface area contributed by atoms with Crippen LogP contribution in [0.15, 0.2) is 72.8 Å². The smallest absolute Gasteiger partial charge is 0.0531 e. The Kier molecular flexibility index (Phi) is 4.20. The Bertz CT molecular complexity index is 680. The topological polar surface area (TPSA) is 4.93 Å². The SMILES string of the molecule is CCCCc1ccc(-c2ccccc2)n1-c1ccccc1. The summed E-state index contributed by atoms with van der Waals surface area (Å²) in [6.45, 7) is 2.24. The van der Waals surface area contributed by atoms with Crippen LogP contribution in [0.1, 0.15) is 25.5 Å².